The summed E-state index contributed by atoms with van der Waals surface area (Å²) in [5.41, 5.74) is 1.13. The van der Waals surface area contributed by atoms with E-state index in [9.17, 15) is 14.7 Å². The van der Waals surface area contributed by atoms with Gasteiger partial charge in [0.2, 0.25) is 5.78 Å². The predicted molar refractivity (Wildman–Crippen MR) is 119 cm³/mol. The second-order valence-electron chi connectivity index (χ2n) is 7.92. The Hall–Kier alpha value is -3.65. The molecule has 1 aliphatic rings. The van der Waals surface area contributed by atoms with Crippen LogP contribution in [0.15, 0.2) is 64.5 Å². The zero-order valence-electron chi connectivity index (χ0n) is 18.2. The van der Waals surface area contributed by atoms with E-state index in [0.717, 1.165) is 6.54 Å². The van der Waals surface area contributed by atoms with Gasteiger partial charge in [0, 0.05) is 24.3 Å². The van der Waals surface area contributed by atoms with Gasteiger partial charge in [-0.15, -0.1) is 0 Å². The molecule has 1 aliphatic heterocycles. The van der Waals surface area contributed by atoms with Crippen LogP contribution in [0.2, 0.25) is 0 Å². The number of aliphatic hydroxyl groups is 1. The van der Waals surface area contributed by atoms with Crippen molar-refractivity contribution < 1.29 is 23.8 Å². The molecule has 32 heavy (non-hydrogen) atoms. The van der Waals surface area contributed by atoms with Gasteiger partial charge in [0.25, 0.3) is 5.91 Å². The number of pyridine rings is 1. The van der Waals surface area contributed by atoms with Gasteiger partial charge in [-0.3, -0.25) is 14.6 Å². The number of hydrogen-bond acceptors (Lipinski definition) is 7. The van der Waals surface area contributed by atoms with Gasteiger partial charge in [0.1, 0.15) is 0 Å². The number of carbonyl (C=O) groups excluding carboxylic acids is 2. The summed E-state index contributed by atoms with van der Waals surface area (Å²) >= 11 is 0. The van der Waals surface area contributed by atoms with Gasteiger partial charge in [-0.25, -0.2) is 0 Å². The number of aromatic nitrogens is 1. The van der Waals surface area contributed by atoms with Crippen LogP contribution in [0.1, 0.15) is 28.6 Å². The molecule has 1 aromatic carbocycles. The number of nitrogens with zero attached hydrogens (tertiary/aromatic N) is 3. The fourth-order valence-corrected chi connectivity index (χ4v) is 4.01. The van der Waals surface area contributed by atoms with Gasteiger partial charge in [-0.05, 0) is 56.9 Å². The number of ketones is 1. The highest BCUT2D eigenvalue weighted by atomic mass is 16.5. The number of furan rings is 1. The first-order chi connectivity index (χ1) is 15.4. The molecule has 0 saturated heterocycles. The van der Waals surface area contributed by atoms with Crippen LogP contribution in [-0.2, 0) is 4.79 Å². The van der Waals surface area contributed by atoms with Crippen molar-refractivity contribution in [3.8, 4) is 5.75 Å². The van der Waals surface area contributed by atoms with Crippen LogP contribution < -0.4 is 4.74 Å². The Kier molecular flexibility index (Phi) is 5.96. The molecule has 1 amide bonds. The minimum Gasteiger partial charge on any atom is -0.503 e. The fourth-order valence-electron chi connectivity index (χ4n) is 4.01. The maximum Gasteiger partial charge on any atom is 0.290 e. The highest BCUT2D eigenvalue weighted by Crippen LogP contribution is 2.40. The summed E-state index contributed by atoms with van der Waals surface area (Å²) in [6.07, 6.45) is 3.89. The Balaban J connectivity index is 1.75. The standard InChI is InChI=1S/C24H25N3O5/c1-26(2)12-5-13-27-20(15-8-10-25-11-9-15)19(22(29)24(27)30)21(28)18-14-16-6-4-7-17(31-3)23(16)32-18/h4,6-11,14,20,29H,5,12-13H2,1-3H3/t20-/m0/s1. The van der Waals surface area contributed by atoms with Gasteiger partial charge < -0.3 is 24.1 Å². The van der Waals surface area contributed by atoms with Crippen LogP contribution >= 0.6 is 0 Å². The van der Waals surface area contributed by atoms with Crippen LogP contribution in [0.3, 0.4) is 0 Å². The number of Topliss-reactive ketones (excluding diaryl/α,β-unsaturated/α-hetero) is 1. The Morgan fingerprint density at radius 3 is 2.69 bits per heavy atom. The molecule has 0 saturated carbocycles. The molecule has 8 nitrogen and oxygen atoms in total. The van der Waals surface area contributed by atoms with Crippen molar-refractivity contribution in [2.75, 3.05) is 34.3 Å². The summed E-state index contributed by atoms with van der Waals surface area (Å²) in [4.78, 5) is 34.1. The van der Waals surface area contributed by atoms with Crippen molar-refractivity contribution >= 4 is 22.7 Å². The molecule has 4 rings (SSSR count). The number of ether oxygens (including phenoxy) is 1. The van der Waals surface area contributed by atoms with E-state index in [-0.39, 0.29) is 11.3 Å². The van der Waals surface area contributed by atoms with Gasteiger partial charge >= 0.3 is 0 Å². The van der Waals surface area contributed by atoms with E-state index in [0.29, 0.717) is 35.2 Å². The molecule has 166 valence electrons. The number of carbonyl (C=O) groups is 2. The highest BCUT2D eigenvalue weighted by Gasteiger charge is 2.44. The molecule has 0 aliphatic carbocycles. The lowest BCUT2D eigenvalue weighted by atomic mass is 9.95. The Bertz CT molecular complexity index is 1180. The molecule has 0 fully saturated rings. The van der Waals surface area contributed by atoms with Crippen molar-refractivity contribution in [1.29, 1.82) is 0 Å². The monoisotopic (exact) mass is 435 g/mol. The highest BCUT2D eigenvalue weighted by molar-refractivity contribution is 6.16. The van der Waals surface area contributed by atoms with E-state index >= 15 is 0 Å². The topological polar surface area (TPSA) is 96.1 Å². The molecular weight excluding hydrogens is 410 g/mol. The molecule has 3 aromatic rings. The smallest absolute Gasteiger partial charge is 0.290 e. The number of hydrogen-bond donors (Lipinski definition) is 1. The average Bonchev–Trinajstić information content (AvgIpc) is 3.34. The second-order valence-corrected chi connectivity index (χ2v) is 7.92. The lowest BCUT2D eigenvalue weighted by Crippen LogP contribution is -2.33. The minimum absolute atomic E-state index is 0.00377. The summed E-state index contributed by atoms with van der Waals surface area (Å²) in [5, 5.41) is 11.4. The normalized spacial score (nSPS) is 16.4. The Morgan fingerprint density at radius 2 is 2.00 bits per heavy atom. The van der Waals surface area contributed by atoms with Crippen molar-refractivity contribution in [3.05, 3.63) is 71.4 Å². The summed E-state index contributed by atoms with van der Waals surface area (Å²) in [5.74, 6) is -1.12. The van der Waals surface area contributed by atoms with E-state index in [1.165, 1.54) is 12.0 Å². The zero-order chi connectivity index (χ0) is 22.8. The van der Waals surface area contributed by atoms with Crippen LogP contribution in [0.25, 0.3) is 11.0 Å². The average molecular weight is 435 g/mol. The summed E-state index contributed by atoms with van der Waals surface area (Å²) < 4.78 is 11.1. The molecule has 0 radical (unpaired) electrons. The van der Waals surface area contributed by atoms with E-state index < -0.39 is 23.5 Å². The van der Waals surface area contributed by atoms with E-state index in [4.69, 9.17) is 9.15 Å². The summed E-state index contributed by atoms with van der Waals surface area (Å²) in [6.45, 7) is 1.15. The quantitative estimate of drug-likeness (QED) is 0.542. The third-order valence-corrected chi connectivity index (χ3v) is 5.53. The minimum atomic E-state index is -0.727. The number of methoxy groups -OCH3 is 1. The van der Waals surface area contributed by atoms with E-state index in [1.54, 1.807) is 48.8 Å². The molecule has 8 heteroatoms. The molecule has 1 atom stereocenters. The van der Waals surface area contributed by atoms with Gasteiger partial charge in [-0.1, -0.05) is 12.1 Å². The van der Waals surface area contributed by atoms with Gasteiger partial charge in [-0.2, -0.15) is 0 Å². The molecule has 0 bridgehead atoms. The van der Waals surface area contributed by atoms with Crippen molar-refractivity contribution in [2.45, 2.75) is 12.5 Å². The first-order valence-electron chi connectivity index (χ1n) is 10.3. The number of rotatable bonds is 8. The van der Waals surface area contributed by atoms with Gasteiger partial charge in [0.05, 0.1) is 18.7 Å². The number of para-hydroxylation sites is 1. The van der Waals surface area contributed by atoms with E-state index in [1.807, 2.05) is 19.0 Å². The van der Waals surface area contributed by atoms with Crippen molar-refractivity contribution in [3.63, 3.8) is 0 Å². The first-order valence-corrected chi connectivity index (χ1v) is 10.3. The molecule has 0 spiro atoms. The number of aliphatic hydroxyl groups excluding tert-OH is 1. The van der Waals surface area contributed by atoms with Crippen LogP contribution in [0.5, 0.6) is 5.75 Å². The number of amides is 1. The van der Waals surface area contributed by atoms with Crippen molar-refractivity contribution in [1.82, 2.24) is 14.8 Å². The molecule has 1 N–H and O–H groups in total. The largest absolute Gasteiger partial charge is 0.503 e. The third-order valence-electron chi connectivity index (χ3n) is 5.53. The summed E-state index contributed by atoms with van der Waals surface area (Å²) in [6, 6.07) is 9.70. The molecular formula is C24H25N3O5. The second kappa shape index (κ2) is 8.84. The molecule has 2 aromatic heterocycles. The van der Waals surface area contributed by atoms with Crippen molar-refractivity contribution in [2.24, 2.45) is 0 Å². The maximum absolute atomic E-state index is 13.5. The van der Waals surface area contributed by atoms with Crippen LogP contribution in [0, 0.1) is 0 Å². The number of fused-ring (bicyclic) bond motifs is 1. The van der Waals surface area contributed by atoms with Crippen LogP contribution in [-0.4, -0.2) is 65.9 Å². The Morgan fingerprint density at radius 1 is 1.25 bits per heavy atom. The van der Waals surface area contributed by atoms with E-state index in [2.05, 4.69) is 4.98 Å². The molecule has 3 heterocycles. The van der Waals surface area contributed by atoms with Crippen LogP contribution in [0.4, 0.5) is 0 Å². The maximum atomic E-state index is 13.5. The fraction of sp³-hybridized carbons (Fsp3) is 0.292. The third kappa shape index (κ3) is 3.85. The zero-order valence-corrected chi connectivity index (χ0v) is 18.2. The SMILES string of the molecule is COc1cccc2cc(C(=O)C3=C(O)C(=O)N(CCCN(C)C)[C@H]3c3ccncc3)oc12. The lowest BCUT2D eigenvalue weighted by Gasteiger charge is -2.27. The lowest BCUT2D eigenvalue weighted by molar-refractivity contribution is -0.129. The number of benzene rings is 1. The van der Waals surface area contributed by atoms with Gasteiger partial charge in [0.15, 0.2) is 22.9 Å². The molecule has 0 unspecified atom stereocenters. The Labute approximate surface area is 185 Å². The first kappa shape index (κ1) is 21.6. The summed E-state index contributed by atoms with van der Waals surface area (Å²) in [7, 11) is 5.42. The predicted octanol–water partition coefficient (Wildman–Crippen LogP) is 3.37.